The van der Waals surface area contributed by atoms with E-state index in [-0.39, 0.29) is 18.6 Å². The Morgan fingerprint density at radius 1 is 1.05 bits per heavy atom. The molecule has 0 spiro atoms. The van der Waals surface area contributed by atoms with Crippen molar-refractivity contribution in [3.8, 4) is 0 Å². The molecule has 0 aliphatic rings. The molecule has 1 aromatic carbocycles. The van der Waals surface area contributed by atoms with Crippen LogP contribution in [0.15, 0.2) is 30.3 Å². The zero-order chi connectivity index (χ0) is 15.7. The molecule has 21 heavy (non-hydrogen) atoms. The Morgan fingerprint density at radius 2 is 1.62 bits per heavy atom. The number of benzene rings is 1. The lowest BCUT2D eigenvalue weighted by Crippen LogP contribution is -2.42. The maximum Gasteiger partial charge on any atom is 0.192 e. The van der Waals surface area contributed by atoms with Crippen LogP contribution in [-0.2, 0) is 10.8 Å². The van der Waals surface area contributed by atoms with E-state index in [2.05, 4.69) is 58.0 Å². The second-order valence-electron chi connectivity index (χ2n) is 6.08. The molecule has 0 unspecified atom stereocenters. The SMILES string of the molecule is CC[Si](CC)(CC)O[C@H](CCc1ccccc1)[C@@H](C)CO. The van der Waals surface area contributed by atoms with Crippen molar-refractivity contribution in [1.82, 2.24) is 0 Å². The minimum absolute atomic E-state index is 0.182. The Balaban J connectivity index is 2.71. The molecule has 0 saturated carbocycles. The monoisotopic (exact) mass is 308 g/mol. The van der Waals surface area contributed by atoms with Crippen molar-refractivity contribution < 1.29 is 9.53 Å². The molecule has 0 aromatic heterocycles. The zero-order valence-corrected chi connectivity index (χ0v) is 15.1. The Bertz CT molecular complexity index is 368. The quantitative estimate of drug-likeness (QED) is 0.638. The average molecular weight is 309 g/mol. The van der Waals surface area contributed by atoms with Crippen molar-refractivity contribution in [3.63, 3.8) is 0 Å². The average Bonchev–Trinajstić information content (AvgIpc) is 2.56. The van der Waals surface area contributed by atoms with Crippen LogP contribution in [0.3, 0.4) is 0 Å². The van der Waals surface area contributed by atoms with E-state index in [0.29, 0.717) is 0 Å². The molecule has 0 aliphatic heterocycles. The first kappa shape index (κ1) is 18.4. The molecule has 3 heteroatoms. The van der Waals surface area contributed by atoms with Gasteiger partial charge in [0.15, 0.2) is 8.32 Å². The molecule has 0 amide bonds. The number of hydrogen-bond acceptors (Lipinski definition) is 2. The van der Waals surface area contributed by atoms with Gasteiger partial charge in [-0.25, -0.2) is 0 Å². The molecule has 0 heterocycles. The summed E-state index contributed by atoms with van der Waals surface area (Å²) in [6, 6.07) is 14.1. The van der Waals surface area contributed by atoms with Crippen LogP contribution in [0.2, 0.25) is 18.1 Å². The lowest BCUT2D eigenvalue weighted by molar-refractivity contribution is 0.0812. The zero-order valence-electron chi connectivity index (χ0n) is 14.1. The van der Waals surface area contributed by atoms with Crippen LogP contribution in [0, 0.1) is 5.92 Å². The highest BCUT2D eigenvalue weighted by Gasteiger charge is 2.33. The smallest absolute Gasteiger partial charge is 0.192 e. The van der Waals surface area contributed by atoms with Crippen LogP contribution in [-0.4, -0.2) is 26.1 Å². The van der Waals surface area contributed by atoms with Gasteiger partial charge in [-0.05, 0) is 36.5 Å². The van der Waals surface area contributed by atoms with Crippen LogP contribution in [0.5, 0.6) is 0 Å². The number of aryl methyl sites for hydroxylation is 1. The minimum Gasteiger partial charge on any atom is -0.414 e. The second-order valence-corrected chi connectivity index (χ2v) is 10.8. The Hall–Kier alpha value is -0.643. The fourth-order valence-electron chi connectivity index (χ4n) is 2.85. The van der Waals surface area contributed by atoms with Gasteiger partial charge in [-0.2, -0.15) is 0 Å². The summed E-state index contributed by atoms with van der Waals surface area (Å²) in [5.74, 6) is 0.213. The van der Waals surface area contributed by atoms with Crippen molar-refractivity contribution in [2.24, 2.45) is 5.92 Å². The summed E-state index contributed by atoms with van der Waals surface area (Å²) in [5.41, 5.74) is 1.35. The molecule has 0 aliphatic carbocycles. The van der Waals surface area contributed by atoms with E-state index in [4.69, 9.17) is 4.43 Å². The van der Waals surface area contributed by atoms with E-state index in [1.807, 2.05) is 0 Å². The Morgan fingerprint density at radius 3 is 2.10 bits per heavy atom. The van der Waals surface area contributed by atoms with Crippen molar-refractivity contribution >= 4 is 8.32 Å². The van der Waals surface area contributed by atoms with Gasteiger partial charge >= 0.3 is 0 Å². The number of aliphatic hydroxyl groups excluding tert-OH is 1. The van der Waals surface area contributed by atoms with Crippen LogP contribution in [0.25, 0.3) is 0 Å². The Labute approximate surface area is 131 Å². The van der Waals surface area contributed by atoms with Crippen molar-refractivity contribution in [2.75, 3.05) is 6.61 Å². The van der Waals surface area contributed by atoms with Gasteiger partial charge in [0.25, 0.3) is 0 Å². The first-order valence-corrected chi connectivity index (χ1v) is 11.0. The molecule has 0 saturated heterocycles. The number of rotatable bonds is 10. The summed E-state index contributed by atoms with van der Waals surface area (Å²) in [6.07, 6.45) is 2.21. The van der Waals surface area contributed by atoms with Gasteiger partial charge in [0.05, 0.1) is 6.10 Å². The van der Waals surface area contributed by atoms with Gasteiger partial charge in [-0.1, -0.05) is 58.0 Å². The predicted octanol–water partition coefficient (Wildman–Crippen LogP) is 4.64. The molecule has 2 atom stereocenters. The minimum atomic E-state index is -1.61. The van der Waals surface area contributed by atoms with E-state index < -0.39 is 8.32 Å². The van der Waals surface area contributed by atoms with Crippen LogP contribution >= 0.6 is 0 Å². The van der Waals surface area contributed by atoms with Crippen molar-refractivity contribution in [1.29, 1.82) is 0 Å². The van der Waals surface area contributed by atoms with Gasteiger partial charge in [-0.3, -0.25) is 0 Å². The lowest BCUT2D eigenvalue weighted by atomic mass is 9.99. The summed E-state index contributed by atoms with van der Waals surface area (Å²) >= 11 is 0. The first-order chi connectivity index (χ1) is 10.1. The highest BCUT2D eigenvalue weighted by Crippen LogP contribution is 2.27. The molecule has 1 N–H and O–H groups in total. The molecule has 120 valence electrons. The molecule has 1 aromatic rings. The predicted molar refractivity (Wildman–Crippen MR) is 93.1 cm³/mol. The van der Waals surface area contributed by atoms with E-state index in [9.17, 15) is 5.11 Å². The standard InChI is InChI=1S/C18H32O2Si/c1-5-21(6-2,7-3)20-18(16(4)15-19)14-13-17-11-9-8-10-12-17/h8-12,16,18-19H,5-7,13-15H2,1-4H3/t16-,18+/m0/s1. The largest absolute Gasteiger partial charge is 0.414 e. The van der Waals surface area contributed by atoms with E-state index >= 15 is 0 Å². The van der Waals surface area contributed by atoms with Gasteiger partial charge < -0.3 is 9.53 Å². The topological polar surface area (TPSA) is 29.5 Å². The third-order valence-corrected chi connectivity index (χ3v) is 9.49. The molecule has 1 rings (SSSR count). The summed E-state index contributed by atoms with van der Waals surface area (Å²) in [4.78, 5) is 0. The summed E-state index contributed by atoms with van der Waals surface area (Å²) < 4.78 is 6.64. The molecule has 0 radical (unpaired) electrons. The van der Waals surface area contributed by atoms with Gasteiger partial charge in [0.1, 0.15) is 0 Å². The summed E-state index contributed by atoms with van der Waals surface area (Å²) in [5, 5.41) is 9.55. The normalized spacial score (nSPS) is 14.9. The molecule has 2 nitrogen and oxygen atoms in total. The van der Waals surface area contributed by atoms with Crippen LogP contribution < -0.4 is 0 Å². The highest BCUT2D eigenvalue weighted by molar-refractivity contribution is 6.73. The second kappa shape index (κ2) is 9.39. The Kier molecular flexibility index (Phi) is 8.23. The lowest BCUT2D eigenvalue weighted by Gasteiger charge is -2.35. The van der Waals surface area contributed by atoms with Crippen molar-refractivity contribution in [2.45, 2.75) is 64.8 Å². The number of hydrogen-bond donors (Lipinski definition) is 1. The van der Waals surface area contributed by atoms with E-state index in [1.54, 1.807) is 0 Å². The maximum absolute atomic E-state index is 9.55. The van der Waals surface area contributed by atoms with Gasteiger partial charge in [-0.15, -0.1) is 0 Å². The molecule has 0 fully saturated rings. The molecular weight excluding hydrogens is 276 g/mol. The fourth-order valence-corrected chi connectivity index (χ4v) is 5.84. The number of aliphatic hydroxyl groups is 1. The summed E-state index contributed by atoms with van der Waals surface area (Å²) in [6.45, 7) is 9.10. The molecular formula is C18H32O2Si. The van der Waals surface area contributed by atoms with Crippen LogP contribution in [0.4, 0.5) is 0 Å². The van der Waals surface area contributed by atoms with Crippen LogP contribution in [0.1, 0.15) is 39.7 Å². The van der Waals surface area contributed by atoms with Gasteiger partial charge in [0.2, 0.25) is 0 Å². The molecule has 0 bridgehead atoms. The fraction of sp³-hybridized carbons (Fsp3) is 0.667. The van der Waals surface area contributed by atoms with E-state index in [1.165, 1.54) is 23.7 Å². The van der Waals surface area contributed by atoms with E-state index in [0.717, 1.165) is 12.8 Å². The maximum atomic E-state index is 9.55. The highest BCUT2D eigenvalue weighted by atomic mass is 28.4. The third kappa shape index (κ3) is 5.57. The third-order valence-electron chi connectivity index (χ3n) is 4.82. The van der Waals surface area contributed by atoms with Gasteiger partial charge in [0, 0.05) is 12.5 Å². The summed E-state index contributed by atoms with van der Waals surface area (Å²) in [7, 11) is -1.61. The van der Waals surface area contributed by atoms with Crippen molar-refractivity contribution in [3.05, 3.63) is 35.9 Å². The first-order valence-electron chi connectivity index (χ1n) is 8.43.